The molecule has 1 unspecified atom stereocenters. The number of ether oxygens (including phenoxy) is 3. The lowest BCUT2D eigenvalue weighted by Gasteiger charge is -2.18. The molecule has 0 rings (SSSR count). The number of rotatable bonds is 61. The van der Waals surface area contributed by atoms with Gasteiger partial charge in [-0.15, -0.1) is 0 Å². The van der Waals surface area contributed by atoms with Crippen LogP contribution in [-0.4, -0.2) is 37.2 Å². The molecule has 0 aliphatic heterocycles. The summed E-state index contributed by atoms with van der Waals surface area (Å²) in [5.41, 5.74) is 0. The van der Waals surface area contributed by atoms with E-state index >= 15 is 0 Å². The van der Waals surface area contributed by atoms with Gasteiger partial charge in [-0.1, -0.05) is 342 Å². The molecule has 0 saturated heterocycles. The molecule has 0 amide bonds. The first-order chi connectivity index (χ1) is 35.0. The van der Waals surface area contributed by atoms with Crippen LogP contribution in [0.2, 0.25) is 0 Å². The number of hydrogen-bond acceptors (Lipinski definition) is 6. The Hall–Kier alpha value is -1.59. The van der Waals surface area contributed by atoms with E-state index in [0.717, 1.165) is 64.2 Å². The van der Waals surface area contributed by atoms with Gasteiger partial charge >= 0.3 is 17.9 Å². The minimum atomic E-state index is -0.760. The van der Waals surface area contributed by atoms with Crippen molar-refractivity contribution in [3.63, 3.8) is 0 Å². The number of hydrogen-bond donors (Lipinski definition) is 0. The van der Waals surface area contributed by atoms with Crippen molar-refractivity contribution in [2.45, 2.75) is 386 Å². The Morgan fingerprint density at radius 3 is 0.563 bits per heavy atom. The van der Waals surface area contributed by atoms with Crippen molar-refractivity contribution >= 4 is 17.9 Å². The summed E-state index contributed by atoms with van der Waals surface area (Å²) >= 11 is 0. The smallest absolute Gasteiger partial charge is 0.306 e. The van der Waals surface area contributed by atoms with E-state index in [0.29, 0.717) is 19.3 Å². The van der Waals surface area contributed by atoms with Crippen LogP contribution in [0.25, 0.3) is 0 Å². The van der Waals surface area contributed by atoms with Gasteiger partial charge < -0.3 is 14.2 Å². The number of carbonyl (C=O) groups is 3. The van der Waals surface area contributed by atoms with Crippen molar-refractivity contribution < 1.29 is 28.6 Å². The maximum atomic E-state index is 12.8. The average Bonchev–Trinajstić information content (AvgIpc) is 3.37. The molecule has 422 valence electrons. The van der Waals surface area contributed by atoms with Gasteiger partial charge in [0.15, 0.2) is 6.10 Å². The summed E-state index contributed by atoms with van der Waals surface area (Å²) in [5, 5.41) is 0. The Balaban J connectivity index is 3.94. The van der Waals surface area contributed by atoms with Crippen molar-refractivity contribution in [2.75, 3.05) is 13.2 Å². The molecule has 0 heterocycles. The monoisotopic (exact) mass is 1000 g/mol. The molecule has 0 aromatic carbocycles. The summed E-state index contributed by atoms with van der Waals surface area (Å²) in [5.74, 6) is -0.846. The fourth-order valence-corrected chi connectivity index (χ4v) is 10.2. The molecule has 0 radical (unpaired) electrons. The van der Waals surface area contributed by atoms with Crippen molar-refractivity contribution in [2.24, 2.45) is 0 Å². The van der Waals surface area contributed by atoms with Gasteiger partial charge in [-0.05, 0) is 19.3 Å². The Kier molecular flexibility index (Phi) is 59.6. The van der Waals surface area contributed by atoms with Gasteiger partial charge in [-0.2, -0.15) is 0 Å². The van der Waals surface area contributed by atoms with Crippen LogP contribution in [-0.2, 0) is 28.6 Å². The van der Waals surface area contributed by atoms with Crippen molar-refractivity contribution in [1.29, 1.82) is 0 Å². The standard InChI is InChI=1S/C65H126O6/c1-4-7-10-13-15-17-19-21-23-25-27-29-31-32-33-34-36-37-39-41-43-45-47-49-52-55-58-64(67)70-61-62(60-69-63(66)57-54-51-12-9-6-3)71-65(68)59-56-53-50-48-46-44-42-40-38-35-30-28-26-24-22-20-18-16-14-11-8-5-2/h62H,4-61H2,1-3H3. The van der Waals surface area contributed by atoms with E-state index in [2.05, 4.69) is 20.8 Å². The molecule has 0 bridgehead atoms. The number of carbonyl (C=O) groups excluding carboxylic acids is 3. The first-order valence-electron chi connectivity index (χ1n) is 32.5. The largest absolute Gasteiger partial charge is 0.462 e. The van der Waals surface area contributed by atoms with E-state index in [-0.39, 0.29) is 31.1 Å². The van der Waals surface area contributed by atoms with Gasteiger partial charge in [0.05, 0.1) is 0 Å². The first kappa shape index (κ1) is 69.4. The molecule has 0 fully saturated rings. The SMILES string of the molecule is CCCCCCCCCCCCCCCCCCCCCCCCCCCCC(=O)OCC(COC(=O)CCCCCCC)OC(=O)CCCCCCCCCCCCCCCCCCCCCCCC. The highest BCUT2D eigenvalue weighted by Crippen LogP contribution is 2.19. The van der Waals surface area contributed by atoms with Gasteiger partial charge in [0, 0.05) is 19.3 Å². The summed E-state index contributed by atoms with van der Waals surface area (Å²) in [6.07, 6.45) is 70.3. The van der Waals surface area contributed by atoms with Crippen LogP contribution in [0.1, 0.15) is 380 Å². The Morgan fingerprint density at radius 2 is 0.380 bits per heavy atom. The van der Waals surface area contributed by atoms with E-state index in [1.807, 2.05) is 0 Å². The van der Waals surface area contributed by atoms with Crippen LogP contribution in [0.5, 0.6) is 0 Å². The molecule has 6 nitrogen and oxygen atoms in total. The topological polar surface area (TPSA) is 78.9 Å². The van der Waals surface area contributed by atoms with E-state index in [1.54, 1.807) is 0 Å². The van der Waals surface area contributed by atoms with Crippen LogP contribution in [0.3, 0.4) is 0 Å². The van der Waals surface area contributed by atoms with Crippen molar-refractivity contribution in [3.8, 4) is 0 Å². The molecule has 6 heteroatoms. The molecule has 71 heavy (non-hydrogen) atoms. The van der Waals surface area contributed by atoms with Gasteiger partial charge in [-0.25, -0.2) is 0 Å². The second kappa shape index (κ2) is 61.0. The Bertz CT molecular complexity index is 1060. The van der Waals surface area contributed by atoms with Crippen LogP contribution in [0.15, 0.2) is 0 Å². The first-order valence-corrected chi connectivity index (χ1v) is 32.5. The highest BCUT2D eigenvalue weighted by atomic mass is 16.6. The van der Waals surface area contributed by atoms with E-state index in [1.165, 1.54) is 276 Å². The van der Waals surface area contributed by atoms with Gasteiger partial charge in [0.1, 0.15) is 13.2 Å². The normalized spacial score (nSPS) is 11.9. The average molecular weight is 1000 g/mol. The predicted octanol–water partition coefficient (Wildman–Crippen LogP) is 21.9. The van der Waals surface area contributed by atoms with Crippen molar-refractivity contribution in [1.82, 2.24) is 0 Å². The minimum absolute atomic E-state index is 0.0623. The third-order valence-electron chi connectivity index (χ3n) is 15.1. The van der Waals surface area contributed by atoms with E-state index in [4.69, 9.17) is 14.2 Å². The fraction of sp³-hybridized carbons (Fsp3) is 0.954. The molecule has 0 N–H and O–H groups in total. The summed E-state index contributed by atoms with van der Waals surface area (Å²) in [6.45, 7) is 6.64. The predicted molar refractivity (Wildman–Crippen MR) is 307 cm³/mol. The molecular weight excluding hydrogens is 877 g/mol. The Morgan fingerprint density at radius 1 is 0.225 bits per heavy atom. The summed E-state index contributed by atoms with van der Waals surface area (Å²) in [4.78, 5) is 37.9. The third kappa shape index (κ3) is 59.2. The van der Waals surface area contributed by atoms with Gasteiger partial charge in [0.25, 0.3) is 0 Å². The van der Waals surface area contributed by atoms with Crippen LogP contribution >= 0.6 is 0 Å². The zero-order valence-electron chi connectivity index (χ0n) is 48.5. The molecule has 0 saturated carbocycles. The van der Waals surface area contributed by atoms with Crippen LogP contribution < -0.4 is 0 Å². The number of unbranched alkanes of at least 4 members (excludes halogenated alkanes) is 50. The molecule has 0 aromatic heterocycles. The van der Waals surface area contributed by atoms with Gasteiger partial charge in [0.2, 0.25) is 0 Å². The third-order valence-corrected chi connectivity index (χ3v) is 15.1. The van der Waals surface area contributed by atoms with Gasteiger partial charge in [-0.3, -0.25) is 14.4 Å². The molecule has 0 aliphatic carbocycles. The lowest BCUT2D eigenvalue weighted by molar-refractivity contribution is -0.167. The summed E-state index contributed by atoms with van der Waals surface area (Å²) in [6, 6.07) is 0. The minimum Gasteiger partial charge on any atom is -0.462 e. The van der Waals surface area contributed by atoms with E-state index in [9.17, 15) is 14.4 Å². The maximum absolute atomic E-state index is 12.8. The molecule has 1 atom stereocenters. The molecule has 0 aliphatic rings. The lowest BCUT2D eigenvalue weighted by Crippen LogP contribution is -2.30. The highest BCUT2D eigenvalue weighted by molar-refractivity contribution is 5.71. The molecule has 0 spiro atoms. The second-order valence-electron chi connectivity index (χ2n) is 22.4. The van der Waals surface area contributed by atoms with E-state index < -0.39 is 6.10 Å². The highest BCUT2D eigenvalue weighted by Gasteiger charge is 2.19. The van der Waals surface area contributed by atoms with Crippen molar-refractivity contribution in [3.05, 3.63) is 0 Å². The zero-order chi connectivity index (χ0) is 51.4. The summed E-state index contributed by atoms with van der Waals surface area (Å²) < 4.78 is 16.8. The zero-order valence-corrected chi connectivity index (χ0v) is 48.5. The van der Waals surface area contributed by atoms with Crippen LogP contribution in [0.4, 0.5) is 0 Å². The Labute approximate surface area is 444 Å². The summed E-state index contributed by atoms with van der Waals surface area (Å²) in [7, 11) is 0. The molecule has 0 aromatic rings. The fourth-order valence-electron chi connectivity index (χ4n) is 10.2. The maximum Gasteiger partial charge on any atom is 0.306 e. The lowest BCUT2D eigenvalue weighted by atomic mass is 10.0. The second-order valence-corrected chi connectivity index (χ2v) is 22.4. The molecular formula is C65H126O6. The quantitative estimate of drug-likeness (QED) is 0.0343. The van der Waals surface area contributed by atoms with Crippen LogP contribution in [0, 0.1) is 0 Å². The number of esters is 3.